The summed E-state index contributed by atoms with van der Waals surface area (Å²) in [6, 6.07) is 5.37. The number of halogens is 1. The predicted molar refractivity (Wildman–Crippen MR) is 82.1 cm³/mol. The van der Waals surface area contributed by atoms with Gasteiger partial charge < -0.3 is 19.9 Å². The van der Waals surface area contributed by atoms with Crippen LogP contribution in [0, 0.1) is 0 Å². The number of rotatable bonds is 4. The van der Waals surface area contributed by atoms with Gasteiger partial charge >= 0.3 is 0 Å². The van der Waals surface area contributed by atoms with Gasteiger partial charge in [-0.2, -0.15) is 0 Å². The van der Waals surface area contributed by atoms with Gasteiger partial charge in [0.2, 0.25) is 0 Å². The minimum Gasteiger partial charge on any atom is -0.495 e. The van der Waals surface area contributed by atoms with Gasteiger partial charge in [0, 0.05) is 18.1 Å². The number of nitrogens with two attached hydrogens (primary N) is 1. The molecule has 0 saturated heterocycles. The van der Waals surface area contributed by atoms with Crippen LogP contribution in [0.1, 0.15) is 0 Å². The molecule has 3 aromatic rings. The molecular formula is C13H13ClN6O. The van der Waals surface area contributed by atoms with E-state index in [1.807, 2.05) is 16.7 Å². The number of anilines is 3. The quantitative estimate of drug-likeness (QED) is 0.506. The number of ether oxygens (including phenoxy) is 1. The van der Waals surface area contributed by atoms with Crippen LogP contribution in [0.15, 0.2) is 36.8 Å². The number of hydrazine groups is 1. The van der Waals surface area contributed by atoms with Crippen LogP contribution in [0.2, 0.25) is 5.02 Å². The van der Waals surface area contributed by atoms with E-state index in [0.29, 0.717) is 28.1 Å². The molecule has 108 valence electrons. The Balaban J connectivity index is 2.01. The van der Waals surface area contributed by atoms with Crippen LogP contribution in [0.3, 0.4) is 0 Å². The average molecular weight is 305 g/mol. The molecule has 0 spiro atoms. The first-order chi connectivity index (χ1) is 10.2. The maximum absolute atomic E-state index is 6.11. The molecule has 0 aliphatic rings. The molecule has 0 radical (unpaired) electrons. The molecule has 0 bridgehead atoms. The summed E-state index contributed by atoms with van der Waals surface area (Å²) in [5, 5.41) is 3.68. The summed E-state index contributed by atoms with van der Waals surface area (Å²) in [7, 11) is 1.57. The highest BCUT2D eigenvalue weighted by atomic mass is 35.5. The Bertz CT molecular complexity index is 787. The van der Waals surface area contributed by atoms with Crippen molar-refractivity contribution < 1.29 is 4.74 Å². The molecule has 0 atom stereocenters. The van der Waals surface area contributed by atoms with Gasteiger partial charge in [-0.1, -0.05) is 11.6 Å². The first kappa shape index (κ1) is 13.5. The number of fused-ring (bicyclic) bond motifs is 1. The summed E-state index contributed by atoms with van der Waals surface area (Å²) >= 11 is 6.11. The molecule has 3 rings (SSSR count). The van der Waals surface area contributed by atoms with Gasteiger partial charge in [-0.05, 0) is 18.2 Å². The van der Waals surface area contributed by atoms with Crippen molar-refractivity contribution >= 4 is 34.6 Å². The van der Waals surface area contributed by atoms with E-state index in [2.05, 4.69) is 20.7 Å². The van der Waals surface area contributed by atoms with Crippen molar-refractivity contribution in [2.75, 3.05) is 17.9 Å². The first-order valence-electron chi connectivity index (χ1n) is 6.12. The summed E-state index contributed by atoms with van der Waals surface area (Å²) < 4.78 is 6.94. The molecule has 2 aromatic heterocycles. The first-order valence-corrected chi connectivity index (χ1v) is 6.50. The summed E-state index contributed by atoms with van der Waals surface area (Å²) in [5.41, 5.74) is 3.97. The molecule has 0 aliphatic heterocycles. The fraction of sp³-hybridized carbons (Fsp3) is 0.0769. The largest absolute Gasteiger partial charge is 0.495 e. The van der Waals surface area contributed by atoms with Crippen molar-refractivity contribution in [3.63, 3.8) is 0 Å². The number of hydrogen-bond donors (Lipinski definition) is 3. The zero-order valence-electron chi connectivity index (χ0n) is 11.2. The number of aromatic nitrogens is 3. The number of benzene rings is 1. The Hall–Kier alpha value is -2.51. The second-order valence-electron chi connectivity index (χ2n) is 4.25. The van der Waals surface area contributed by atoms with E-state index in [9.17, 15) is 0 Å². The van der Waals surface area contributed by atoms with Crippen molar-refractivity contribution in [2.24, 2.45) is 5.84 Å². The van der Waals surface area contributed by atoms with Crippen molar-refractivity contribution in [3.05, 3.63) is 41.8 Å². The molecule has 8 heteroatoms. The lowest BCUT2D eigenvalue weighted by Crippen LogP contribution is -2.11. The van der Waals surface area contributed by atoms with E-state index >= 15 is 0 Å². The highest BCUT2D eigenvalue weighted by molar-refractivity contribution is 6.32. The fourth-order valence-corrected chi connectivity index (χ4v) is 2.22. The van der Waals surface area contributed by atoms with E-state index in [1.54, 1.807) is 31.6 Å². The van der Waals surface area contributed by atoms with Crippen LogP contribution in [-0.2, 0) is 0 Å². The van der Waals surface area contributed by atoms with Gasteiger partial charge in [-0.15, -0.1) is 0 Å². The smallest absolute Gasteiger partial charge is 0.180 e. The summed E-state index contributed by atoms with van der Waals surface area (Å²) in [4.78, 5) is 8.61. The minimum absolute atomic E-state index is 0.509. The number of nitrogens with one attached hydrogen (secondary N) is 2. The molecule has 0 fully saturated rings. The van der Waals surface area contributed by atoms with Crippen LogP contribution in [0.25, 0.3) is 5.65 Å². The van der Waals surface area contributed by atoms with Crippen molar-refractivity contribution in [1.82, 2.24) is 14.4 Å². The average Bonchev–Trinajstić information content (AvgIpc) is 2.96. The number of imidazole rings is 1. The lowest BCUT2D eigenvalue weighted by Gasteiger charge is -2.10. The zero-order chi connectivity index (χ0) is 14.8. The van der Waals surface area contributed by atoms with E-state index in [4.69, 9.17) is 22.2 Å². The van der Waals surface area contributed by atoms with Crippen molar-refractivity contribution in [2.45, 2.75) is 0 Å². The van der Waals surface area contributed by atoms with Crippen LogP contribution >= 0.6 is 11.6 Å². The Morgan fingerprint density at radius 2 is 2.24 bits per heavy atom. The standard InChI is InChI=1S/C13H13ClN6O/c1-21-10-3-2-8(6-9(10)14)17-12-13-16-4-5-20(13)7-11(18-12)19-15/h2-7,19H,15H2,1H3,(H,17,18). The summed E-state index contributed by atoms with van der Waals surface area (Å²) in [5.74, 6) is 7.11. The third kappa shape index (κ3) is 2.56. The third-order valence-corrected chi connectivity index (χ3v) is 3.23. The van der Waals surface area contributed by atoms with Gasteiger partial charge in [0.1, 0.15) is 5.75 Å². The summed E-state index contributed by atoms with van der Waals surface area (Å²) in [6.07, 6.45) is 5.24. The van der Waals surface area contributed by atoms with Gasteiger partial charge in [0.05, 0.1) is 18.3 Å². The highest BCUT2D eigenvalue weighted by Gasteiger charge is 2.09. The highest BCUT2D eigenvalue weighted by Crippen LogP contribution is 2.29. The Labute approximate surface area is 125 Å². The van der Waals surface area contributed by atoms with E-state index in [1.165, 1.54) is 0 Å². The van der Waals surface area contributed by atoms with E-state index in [-0.39, 0.29) is 0 Å². The Kier molecular flexibility index (Phi) is 3.51. The zero-order valence-corrected chi connectivity index (χ0v) is 11.9. The van der Waals surface area contributed by atoms with Gasteiger partial charge in [-0.3, -0.25) is 0 Å². The maximum Gasteiger partial charge on any atom is 0.180 e. The molecule has 0 unspecified atom stereocenters. The van der Waals surface area contributed by atoms with Crippen LogP contribution in [0.4, 0.5) is 17.3 Å². The van der Waals surface area contributed by atoms with Crippen molar-refractivity contribution in [3.8, 4) is 5.75 Å². The SMILES string of the molecule is COc1ccc(Nc2nc(NN)cn3ccnc23)cc1Cl. The molecular weight excluding hydrogens is 292 g/mol. The number of methoxy groups -OCH3 is 1. The number of nitrogen functional groups attached to an aromatic ring is 1. The number of nitrogens with zero attached hydrogens (tertiary/aromatic N) is 3. The molecule has 4 N–H and O–H groups in total. The van der Waals surface area contributed by atoms with Crippen LogP contribution < -0.4 is 21.3 Å². The second-order valence-corrected chi connectivity index (χ2v) is 4.66. The number of hydrogen-bond acceptors (Lipinski definition) is 6. The Morgan fingerprint density at radius 1 is 1.38 bits per heavy atom. The topological polar surface area (TPSA) is 89.5 Å². The molecule has 0 aliphatic carbocycles. The predicted octanol–water partition coefficient (Wildman–Crippen LogP) is 2.42. The molecule has 2 heterocycles. The third-order valence-electron chi connectivity index (χ3n) is 2.94. The summed E-state index contributed by atoms with van der Waals surface area (Å²) in [6.45, 7) is 0. The lowest BCUT2D eigenvalue weighted by molar-refractivity contribution is 0.415. The lowest BCUT2D eigenvalue weighted by atomic mass is 10.3. The monoisotopic (exact) mass is 304 g/mol. The molecule has 1 aromatic carbocycles. The molecule has 21 heavy (non-hydrogen) atoms. The molecule has 0 amide bonds. The minimum atomic E-state index is 0.509. The van der Waals surface area contributed by atoms with Crippen LogP contribution in [-0.4, -0.2) is 21.5 Å². The molecule has 7 nitrogen and oxygen atoms in total. The normalized spacial score (nSPS) is 10.6. The van der Waals surface area contributed by atoms with E-state index in [0.717, 1.165) is 5.69 Å². The van der Waals surface area contributed by atoms with Gasteiger partial charge in [-0.25, -0.2) is 15.8 Å². The Morgan fingerprint density at radius 3 is 2.95 bits per heavy atom. The fourth-order valence-electron chi connectivity index (χ4n) is 1.97. The van der Waals surface area contributed by atoms with Crippen LogP contribution in [0.5, 0.6) is 5.75 Å². The van der Waals surface area contributed by atoms with Gasteiger partial charge in [0.15, 0.2) is 17.3 Å². The molecule has 0 saturated carbocycles. The second kappa shape index (κ2) is 5.47. The van der Waals surface area contributed by atoms with Gasteiger partial charge in [0.25, 0.3) is 0 Å². The maximum atomic E-state index is 6.11. The van der Waals surface area contributed by atoms with E-state index < -0.39 is 0 Å². The van der Waals surface area contributed by atoms with Crippen molar-refractivity contribution in [1.29, 1.82) is 0 Å².